The molecule has 0 unspecified atom stereocenters. The van der Waals surface area contributed by atoms with Crippen molar-refractivity contribution in [3.63, 3.8) is 0 Å². The molecule has 140 valence electrons. The second-order valence-electron chi connectivity index (χ2n) is 6.10. The number of hydrogen-bond donors (Lipinski definition) is 1. The number of nitrogens with zero attached hydrogens (tertiary/aromatic N) is 3. The Bertz CT molecular complexity index is 560. The van der Waals surface area contributed by atoms with Crippen LogP contribution in [0, 0.1) is 11.6 Å². The quantitative estimate of drug-likeness (QED) is 0.464. The molecule has 7 heteroatoms. The molecule has 1 aromatic carbocycles. The van der Waals surface area contributed by atoms with Crippen LogP contribution < -0.4 is 10.2 Å². The van der Waals surface area contributed by atoms with E-state index in [1.807, 2.05) is 4.90 Å². The maximum absolute atomic E-state index is 13.9. The topological polar surface area (TPSA) is 40.1 Å². The fraction of sp³-hybridized carbons (Fsp3) is 0.611. The second-order valence-corrected chi connectivity index (χ2v) is 6.10. The molecule has 1 fully saturated rings. The van der Waals surface area contributed by atoms with Crippen LogP contribution in [-0.2, 0) is 4.74 Å². The van der Waals surface area contributed by atoms with Gasteiger partial charge in [-0.05, 0) is 31.4 Å². The number of nitrogens with one attached hydrogen (secondary N) is 1. The summed E-state index contributed by atoms with van der Waals surface area (Å²) >= 11 is 0. The summed E-state index contributed by atoms with van der Waals surface area (Å²) in [5, 5.41) is 3.37. The van der Waals surface area contributed by atoms with Gasteiger partial charge in [-0.25, -0.2) is 8.78 Å². The van der Waals surface area contributed by atoms with Gasteiger partial charge in [0.25, 0.3) is 0 Å². The van der Waals surface area contributed by atoms with Gasteiger partial charge < -0.3 is 19.9 Å². The van der Waals surface area contributed by atoms with Crippen LogP contribution in [0.15, 0.2) is 23.2 Å². The number of methoxy groups -OCH3 is 1. The molecule has 25 heavy (non-hydrogen) atoms. The van der Waals surface area contributed by atoms with Crippen LogP contribution in [0.1, 0.15) is 19.3 Å². The van der Waals surface area contributed by atoms with E-state index in [0.29, 0.717) is 18.8 Å². The van der Waals surface area contributed by atoms with Crippen LogP contribution >= 0.6 is 0 Å². The summed E-state index contributed by atoms with van der Waals surface area (Å²) in [5.74, 6) is 0.0734. The third-order valence-corrected chi connectivity index (χ3v) is 4.35. The Morgan fingerprint density at radius 3 is 2.60 bits per heavy atom. The minimum absolute atomic E-state index is 0.334. The minimum atomic E-state index is -0.412. The fourth-order valence-corrected chi connectivity index (χ4v) is 2.97. The molecule has 1 N–H and O–H groups in total. The van der Waals surface area contributed by atoms with Crippen molar-refractivity contribution in [2.45, 2.75) is 19.3 Å². The highest BCUT2D eigenvalue weighted by Gasteiger charge is 2.21. The summed E-state index contributed by atoms with van der Waals surface area (Å²) in [7, 11) is 3.49. The molecule has 1 aliphatic heterocycles. The van der Waals surface area contributed by atoms with E-state index in [4.69, 9.17) is 4.74 Å². The third-order valence-electron chi connectivity index (χ3n) is 4.35. The number of rotatable bonds is 7. The van der Waals surface area contributed by atoms with Crippen LogP contribution in [0.4, 0.5) is 14.5 Å². The van der Waals surface area contributed by atoms with Crippen molar-refractivity contribution in [3.05, 3.63) is 29.8 Å². The summed E-state index contributed by atoms with van der Waals surface area (Å²) < 4.78 is 32.3. The molecular formula is C18H28F2N4O. The zero-order valence-electron chi connectivity index (χ0n) is 15.1. The van der Waals surface area contributed by atoms with Gasteiger partial charge in [-0.3, -0.25) is 4.99 Å². The summed E-state index contributed by atoms with van der Waals surface area (Å²) in [6, 6.07) is 3.59. The predicted molar refractivity (Wildman–Crippen MR) is 97.2 cm³/mol. The van der Waals surface area contributed by atoms with E-state index in [2.05, 4.69) is 15.2 Å². The SMILES string of the molecule is CN=C(NCCCCCOC)N1CCN(c2cc(F)ccc2F)CC1. The van der Waals surface area contributed by atoms with Crippen molar-refractivity contribution >= 4 is 11.6 Å². The molecule has 5 nitrogen and oxygen atoms in total. The van der Waals surface area contributed by atoms with E-state index in [1.54, 1.807) is 14.2 Å². The lowest BCUT2D eigenvalue weighted by Gasteiger charge is -2.37. The van der Waals surface area contributed by atoms with Crippen molar-refractivity contribution in [2.24, 2.45) is 4.99 Å². The maximum Gasteiger partial charge on any atom is 0.193 e. The van der Waals surface area contributed by atoms with Gasteiger partial charge in [0.2, 0.25) is 0 Å². The fourth-order valence-electron chi connectivity index (χ4n) is 2.97. The van der Waals surface area contributed by atoms with Gasteiger partial charge >= 0.3 is 0 Å². The molecule has 1 aliphatic rings. The number of halogens is 2. The van der Waals surface area contributed by atoms with Crippen LogP contribution in [0.2, 0.25) is 0 Å². The van der Waals surface area contributed by atoms with Crippen LogP contribution in [0.3, 0.4) is 0 Å². The van der Waals surface area contributed by atoms with Crippen molar-refractivity contribution in [1.29, 1.82) is 0 Å². The summed E-state index contributed by atoms with van der Waals surface area (Å²) in [4.78, 5) is 8.37. The van der Waals surface area contributed by atoms with Gasteiger partial charge in [0.15, 0.2) is 5.96 Å². The first-order valence-corrected chi connectivity index (χ1v) is 8.80. The standard InChI is InChI=1S/C18H28F2N4O/c1-21-18(22-8-4-3-5-13-25-2)24-11-9-23(10-12-24)17-14-15(19)6-7-16(17)20/h6-7,14H,3-5,8-13H2,1-2H3,(H,21,22). The number of guanidine groups is 1. The Hall–Kier alpha value is -1.89. The van der Waals surface area contributed by atoms with Crippen molar-refractivity contribution < 1.29 is 13.5 Å². The highest BCUT2D eigenvalue weighted by atomic mass is 19.1. The van der Waals surface area contributed by atoms with Crippen molar-refractivity contribution in [2.75, 3.05) is 58.4 Å². The number of unbranched alkanes of at least 4 members (excludes halogenated alkanes) is 2. The molecule has 0 bridgehead atoms. The lowest BCUT2D eigenvalue weighted by molar-refractivity contribution is 0.192. The van der Waals surface area contributed by atoms with Crippen LogP contribution in [0.5, 0.6) is 0 Å². The average molecular weight is 354 g/mol. The Balaban J connectivity index is 1.78. The van der Waals surface area contributed by atoms with Gasteiger partial charge in [-0.15, -0.1) is 0 Å². The molecule has 0 atom stereocenters. The van der Waals surface area contributed by atoms with Crippen LogP contribution in [0.25, 0.3) is 0 Å². The van der Waals surface area contributed by atoms with E-state index in [-0.39, 0.29) is 5.82 Å². The Labute approximate surface area is 148 Å². The summed E-state index contributed by atoms with van der Waals surface area (Å²) in [6.07, 6.45) is 3.25. The smallest absolute Gasteiger partial charge is 0.193 e. The number of piperazine rings is 1. The summed E-state index contributed by atoms with van der Waals surface area (Å²) in [5.41, 5.74) is 0.334. The highest BCUT2D eigenvalue weighted by molar-refractivity contribution is 5.80. The molecule has 1 heterocycles. The van der Waals surface area contributed by atoms with Gasteiger partial charge in [-0.2, -0.15) is 0 Å². The predicted octanol–water partition coefficient (Wildman–Crippen LogP) is 2.48. The lowest BCUT2D eigenvalue weighted by atomic mass is 10.2. The van der Waals surface area contributed by atoms with E-state index < -0.39 is 5.82 Å². The molecule has 0 aliphatic carbocycles. The molecule has 0 spiro atoms. The summed E-state index contributed by atoms with van der Waals surface area (Å²) in [6.45, 7) is 4.38. The first-order valence-electron chi connectivity index (χ1n) is 8.80. The molecule has 0 saturated carbocycles. The molecule has 0 radical (unpaired) electrons. The second kappa shape index (κ2) is 10.2. The number of hydrogen-bond acceptors (Lipinski definition) is 3. The number of aliphatic imine (C=N–C) groups is 1. The molecule has 1 aromatic rings. The normalized spacial score (nSPS) is 15.6. The maximum atomic E-state index is 13.9. The molecule has 0 amide bonds. The highest BCUT2D eigenvalue weighted by Crippen LogP contribution is 2.21. The lowest BCUT2D eigenvalue weighted by Crippen LogP contribution is -2.52. The number of benzene rings is 1. The average Bonchev–Trinajstić information content (AvgIpc) is 2.63. The first kappa shape index (κ1) is 19.4. The Morgan fingerprint density at radius 1 is 1.16 bits per heavy atom. The monoisotopic (exact) mass is 354 g/mol. The van der Waals surface area contributed by atoms with Gasteiger partial charge in [0.05, 0.1) is 5.69 Å². The molecule has 0 aromatic heterocycles. The largest absolute Gasteiger partial charge is 0.385 e. The zero-order valence-corrected chi connectivity index (χ0v) is 15.1. The molecule has 2 rings (SSSR count). The van der Waals surface area contributed by atoms with E-state index in [9.17, 15) is 8.78 Å². The third kappa shape index (κ3) is 5.85. The number of anilines is 1. The first-order chi connectivity index (χ1) is 12.2. The number of ether oxygens (including phenoxy) is 1. The molecule has 1 saturated heterocycles. The minimum Gasteiger partial charge on any atom is -0.385 e. The van der Waals surface area contributed by atoms with Crippen molar-refractivity contribution in [1.82, 2.24) is 10.2 Å². The van der Waals surface area contributed by atoms with E-state index in [1.165, 1.54) is 12.1 Å². The van der Waals surface area contributed by atoms with Gasteiger partial charge in [0.1, 0.15) is 11.6 Å². The van der Waals surface area contributed by atoms with Crippen molar-refractivity contribution in [3.8, 4) is 0 Å². The Kier molecular flexibility index (Phi) is 7.91. The molecular weight excluding hydrogens is 326 g/mol. The van der Waals surface area contributed by atoms with Gasteiger partial charge in [-0.1, -0.05) is 0 Å². The van der Waals surface area contributed by atoms with E-state index >= 15 is 0 Å². The Morgan fingerprint density at radius 2 is 1.92 bits per heavy atom. The van der Waals surface area contributed by atoms with Crippen LogP contribution in [-0.4, -0.2) is 64.3 Å². The van der Waals surface area contributed by atoms with E-state index in [0.717, 1.165) is 57.5 Å². The zero-order chi connectivity index (χ0) is 18.1. The van der Waals surface area contributed by atoms with Gasteiger partial charge in [0, 0.05) is 59.6 Å².